The Labute approximate surface area is 107 Å². The van der Waals surface area contributed by atoms with Crippen LogP contribution < -0.4 is 5.32 Å². The van der Waals surface area contributed by atoms with Crippen LogP contribution in [-0.2, 0) is 4.79 Å². The molecular formula is C13H19N3O2. The van der Waals surface area contributed by atoms with Crippen molar-refractivity contribution in [2.75, 3.05) is 11.9 Å². The summed E-state index contributed by atoms with van der Waals surface area (Å²) in [5, 5.41) is 6.95. The Hall–Kier alpha value is -1.91. The highest BCUT2D eigenvalue weighted by atomic mass is 16.3. The minimum absolute atomic E-state index is 0.225. The third kappa shape index (κ3) is 3.55. The van der Waals surface area contributed by atoms with Gasteiger partial charge in [-0.25, -0.2) is 5.01 Å². The zero-order chi connectivity index (χ0) is 13.5. The first-order chi connectivity index (χ1) is 8.60. The van der Waals surface area contributed by atoms with E-state index >= 15 is 0 Å². The zero-order valence-corrected chi connectivity index (χ0v) is 11.0. The predicted octanol–water partition coefficient (Wildman–Crippen LogP) is 2.72. The van der Waals surface area contributed by atoms with E-state index in [4.69, 9.17) is 0 Å². The molecule has 0 aliphatic carbocycles. The second-order valence-corrected chi connectivity index (χ2v) is 4.22. The van der Waals surface area contributed by atoms with E-state index < -0.39 is 6.04 Å². The summed E-state index contributed by atoms with van der Waals surface area (Å²) in [7, 11) is 0. The van der Waals surface area contributed by atoms with Crippen LogP contribution in [-0.4, -0.2) is 23.5 Å². The maximum absolute atomic E-state index is 12.0. The normalized spacial score (nSPS) is 11.7. The zero-order valence-electron chi connectivity index (χ0n) is 11.0. The molecule has 1 aromatic rings. The molecule has 5 heteroatoms. The lowest BCUT2D eigenvalue weighted by molar-refractivity contribution is -0.120. The molecule has 0 aliphatic rings. The molecule has 0 spiro atoms. The summed E-state index contributed by atoms with van der Waals surface area (Å²) in [5.41, 5.74) is 1.75. The highest BCUT2D eigenvalue weighted by Gasteiger charge is 2.20. The van der Waals surface area contributed by atoms with Gasteiger partial charge in [-0.05, 0) is 31.9 Å². The smallest absolute Gasteiger partial charge is 0.248 e. The third-order valence-corrected chi connectivity index (χ3v) is 2.79. The van der Waals surface area contributed by atoms with E-state index in [0.29, 0.717) is 6.54 Å². The molecule has 1 rings (SSSR count). The van der Waals surface area contributed by atoms with Crippen LogP contribution in [0.25, 0.3) is 0 Å². The van der Waals surface area contributed by atoms with Gasteiger partial charge in [0.2, 0.25) is 5.91 Å². The van der Waals surface area contributed by atoms with E-state index in [2.05, 4.69) is 10.6 Å². The summed E-state index contributed by atoms with van der Waals surface area (Å²) in [6, 6.07) is 6.95. The molecule has 1 amide bonds. The van der Waals surface area contributed by atoms with Crippen LogP contribution in [0.4, 0.5) is 5.69 Å². The summed E-state index contributed by atoms with van der Waals surface area (Å²) >= 11 is 0. The lowest BCUT2D eigenvalue weighted by Gasteiger charge is -2.21. The molecule has 1 unspecified atom stereocenters. The topological polar surface area (TPSA) is 61.8 Å². The molecule has 0 saturated heterocycles. The van der Waals surface area contributed by atoms with Crippen molar-refractivity contribution in [3.05, 3.63) is 34.7 Å². The quantitative estimate of drug-likeness (QED) is 0.623. The molecule has 18 heavy (non-hydrogen) atoms. The number of nitroso groups, excluding NO2 is 1. The van der Waals surface area contributed by atoms with Gasteiger partial charge in [-0.3, -0.25) is 4.79 Å². The summed E-state index contributed by atoms with van der Waals surface area (Å²) in [6.07, 6.45) is 0.772. The number of nitrogens with one attached hydrogen (secondary N) is 1. The number of hydrogen-bond donors (Lipinski definition) is 1. The fraction of sp³-hybridized carbons (Fsp3) is 0.462. The lowest BCUT2D eigenvalue weighted by atomic mass is 10.2. The van der Waals surface area contributed by atoms with E-state index in [9.17, 15) is 9.70 Å². The average molecular weight is 249 g/mol. The second-order valence-electron chi connectivity index (χ2n) is 4.22. The summed E-state index contributed by atoms with van der Waals surface area (Å²) in [5.74, 6) is -0.225. The molecule has 0 fully saturated rings. The Morgan fingerprint density at radius 3 is 2.67 bits per heavy atom. The van der Waals surface area contributed by atoms with Gasteiger partial charge in [-0.2, -0.15) is 0 Å². The van der Waals surface area contributed by atoms with Crippen molar-refractivity contribution in [2.24, 2.45) is 5.29 Å². The van der Waals surface area contributed by atoms with Crippen LogP contribution in [0.15, 0.2) is 29.6 Å². The highest BCUT2D eigenvalue weighted by molar-refractivity contribution is 5.95. The van der Waals surface area contributed by atoms with Gasteiger partial charge in [-0.15, -0.1) is 4.91 Å². The number of para-hydroxylation sites is 1. The van der Waals surface area contributed by atoms with E-state index in [-0.39, 0.29) is 5.91 Å². The number of hydrogen-bond acceptors (Lipinski definition) is 3. The van der Waals surface area contributed by atoms with Crippen LogP contribution in [0.3, 0.4) is 0 Å². The van der Waals surface area contributed by atoms with Crippen LogP contribution in [0.5, 0.6) is 0 Å². The van der Waals surface area contributed by atoms with Gasteiger partial charge in [0, 0.05) is 12.2 Å². The number of carbonyl (C=O) groups is 1. The first-order valence-corrected chi connectivity index (χ1v) is 6.06. The lowest BCUT2D eigenvalue weighted by Crippen LogP contribution is -2.39. The van der Waals surface area contributed by atoms with Gasteiger partial charge in [0.05, 0.1) is 5.29 Å². The molecule has 1 N–H and O–H groups in total. The van der Waals surface area contributed by atoms with Crippen molar-refractivity contribution in [1.29, 1.82) is 0 Å². The number of amides is 1. The predicted molar refractivity (Wildman–Crippen MR) is 72.1 cm³/mol. The van der Waals surface area contributed by atoms with E-state index in [1.807, 2.05) is 38.1 Å². The number of benzene rings is 1. The molecule has 0 radical (unpaired) electrons. The maximum atomic E-state index is 12.0. The minimum atomic E-state index is -0.568. The van der Waals surface area contributed by atoms with E-state index in [1.165, 1.54) is 5.01 Å². The van der Waals surface area contributed by atoms with E-state index in [1.54, 1.807) is 6.92 Å². The van der Waals surface area contributed by atoms with Crippen molar-refractivity contribution in [3.63, 3.8) is 0 Å². The summed E-state index contributed by atoms with van der Waals surface area (Å²) in [6.45, 7) is 6.00. The first kappa shape index (κ1) is 14.2. The molecule has 1 aromatic carbocycles. The van der Waals surface area contributed by atoms with Crippen molar-refractivity contribution in [1.82, 2.24) is 5.01 Å². The summed E-state index contributed by atoms with van der Waals surface area (Å²) in [4.78, 5) is 22.6. The molecule has 0 aliphatic heterocycles. The Bertz CT molecular complexity index is 420. The van der Waals surface area contributed by atoms with Gasteiger partial charge in [0.1, 0.15) is 6.04 Å². The monoisotopic (exact) mass is 249 g/mol. The Balaban J connectivity index is 2.70. The van der Waals surface area contributed by atoms with Crippen molar-refractivity contribution >= 4 is 11.6 Å². The molecule has 0 bridgehead atoms. The molecule has 5 nitrogen and oxygen atoms in total. The van der Waals surface area contributed by atoms with Gasteiger partial charge in [-0.1, -0.05) is 25.1 Å². The van der Waals surface area contributed by atoms with Crippen LogP contribution in [0.2, 0.25) is 0 Å². The number of aryl methyl sites for hydroxylation is 1. The van der Waals surface area contributed by atoms with Crippen LogP contribution in [0.1, 0.15) is 25.8 Å². The van der Waals surface area contributed by atoms with Crippen LogP contribution in [0, 0.1) is 11.8 Å². The second kappa shape index (κ2) is 6.74. The largest absolute Gasteiger partial charge is 0.324 e. The van der Waals surface area contributed by atoms with Gasteiger partial charge >= 0.3 is 0 Å². The SMILES string of the molecule is CCCN(N=O)C(C)C(=O)Nc1ccccc1C. The molecular weight excluding hydrogens is 230 g/mol. The maximum Gasteiger partial charge on any atom is 0.248 e. The fourth-order valence-electron chi connectivity index (χ4n) is 1.62. The molecule has 0 aromatic heterocycles. The Morgan fingerprint density at radius 1 is 1.44 bits per heavy atom. The molecule has 1 atom stereocenters. The average Bonchev–Trinajstić information content (AvgIpc) is 2.37. The van der Waals surface area contributed by atoms with Crippen molar-refractivity contribution < 1.29 is 4.79 Å². The van der Waals surface area contributed by atoms with Gasteiger partial charge < -0.3 is 5.32 Å². The number of anilines is 1. The van der Waals surface area contributed by atoms with Crippen LogP contribution >= 0.6 is 0 Å². The number of rotatable bonds is 6. The third-order valence-electron chi connectivity index (χ3n) is 2.79. The Kier molecular flexibility index (Phi) is 5.30. The standard InChI is InChI=1S/C13H19N3O2/c1-4-9-16(15-18)11(3)13(17)14-12-8-6-5-7-10(12)2/h5-8,11H,4,9H2,1-3H3,(H,14,17). The minimum Gasteiger partial charge on any atom is -0.324 e. The molecule has 98 valence electrons. The van der Waals surface area contributed by atoms with E-state index in [0.717, 1.165) is 17.7 Å². The van der Waals surface area contributed by atoms with Gasteiger partial charge in [0.15, 0.2) is 0 Å². The fourth-order valence-corrected chi connectivity index (χ4v) is 1.62. The van der Waals surface area contributed by atoms with Crippen molar-refractivity contribution in [2.45, 2.75) is 33.2 Å². The first-order valence-electron chi connectivity index (χ1n) is 6.06. The van der Waals surface area contributed by atoms with Crippen molar-refractivity contribution in [3.8, 4) is 0 Å². The molecule has 0 heterocycles. The highest BCUT2D eigenvalue weighted by Crippen LogP contribution is 2.14. The Morgan fingerprint density at radius 2 is 2.11 bits per heavy atom. The van der Waals surface area contributed by atoms with Gasteiger partial charge in [0.25, 0.3) is 0 Å². The number of carbonyl (C=O) groups excluding carboxylic acids is 1. The molecule has 0 saturated carbocycles. The number of nitrogens with zero attached hydrogens (tertiary/aromatic N) is 2. The summed E-state index contributed by atoms with van der Waals surface area (Å²) < 4.78 is 0.